The smallest absolute Gasteiger partial charge is 0.339 e. The van der Waals surface area contributed by atoms with Gasteiger partial charge in [0.05, 0.1) is 22.8 Å². The van der Waals surface area contributed by atoms with Crippen molar-refractivity contribution >= 4 is 44.2 Å². The van der Waals surface area contributed by atoms with Crippen molar-refractivity contribution in [3.05, 3.63) is 58.7 Å². The van der Waals surface area contributed by atoms with Gasteiger partial charge in [-0.25, -0.2) is 4.79 Å². The molecule has 0 bridgehead atoms. The van der Waals surface area contributed by atoms with Crippen LogP contribution in [0.4, 0.5) is 11.4 Å². The lowest BCUT2D eigenvalue weighted by Gasteiger charge is -2.14. The molecule has 1 aromatic heterocycles. The first kappa shape index (κ1) is 15.3. The standard InChI is InChI=1S/C17H13BrN2O3/c1-23-15-8-14-11(7-13(15)18)16(12(9-19-14)17(21)22)20-10-5-3-2-4-6-10/h2-9H,1H3,(H,19,20)(H,21,22). The number of ether oxygens (including phenoxy) is 1. The van der Waals surface area contributed by atoms with Crippen LogP contribution in [0.15, 0.2) is 53.1 Å². The Labute approximate surface area is 141 Å². The molecule has 23 heavy (non-hydrogen) atoms. The maximum atomic E-state index is 11.5. The lowest BCUT2D eigenvalue weighted by molar-refractivity contribution is 0.0697. The Kier molecular flexibility index (Phi) is 4.16. The van der Waals surface area contributed by atoms with Crippen molar-refractivity contribution in [2.75, 3.05) is 12.4 Å². The van der Waals surface area contributed by atoms with E-state index in [4.69, 9.17) is 4.74 Å². The Hall–Kier alpha value is -2.60. The third-order valence-electron chi connectivity index (χ3n) is 3.42. The zero-order valence-corrected chi connectivity index (χ0v) is 13.8. The van der Waals surface area contributed by atoms with E-state index in [-0.39, 0.29) is 5.56 Å². The number of pyridine rings is 1. The first-order chi connectivity index (χ1) is 11.1. The Bertz CT molecular complexity index is 882. The van der Waals surface area contributed by atoms with Crippen LogP contribution in [0.1, 0.15) is 10.4 Å². The number of methoxy groups -OCH3 is 1. The van der Waals surface area contributed by atoms with E-state index in [1.165, 1.54) is 6.20 Å². The van der Waals surface area contributed by atoms with E-state index in [2.05, 4.69) is 26.2 Å². The number of carbonyl (C=O) groups is 1. The molecule has 0 spiro atoms. The number of carboxylic acids is 1. The highest BCUT2D eigenvalue weighted by molar-refractivity contribution is 9.10. The zero-order valence-electron chi connectivity index (χ0n) is 12.2. The first-order valence-corrected chi connectivity index (χ1v) is 7.61. The Morgan fingerprint density at radius 3 is 2.65 bits per heavy atom. The van der Waals surface area contributed by atoms with Crippen LogP contribution in [0.2, 0.25) is 0 Å². The van der Waals surface area contributed by atoms with Crippen LogP contribution in [0, 0.1) is 0 Å². The Morgan fingerprint density at radius 2 is 2.00 bits per heavy atom. The minimum atomic E-state index is -1.04. The fourth-order valence-electron chi connectivity index (χ4n) is 2.31. The molecule has 1 heterocycles. The summed E-state index contributed by atoms with van der Waals surface area (Å²) in [5.41, 5.74) is 2.05. The topological polar surface area (TPSA) is 71.5 Å². The summed E-state index contributed by atoms with van der Waals surface area (Å²) in [6, 6.07) is 13.0. The molecule has 2 N–H and O–H groups in total. The highest BCUT2D eigenvalue weighted by Crippen LogP contribution is 2.35. The van der Waals surface area contributed by atoms with Crippen LogP contribution in [-0.2, 0) is 0 Å². The summed E-state index contributed by atoms with van der Waals surface area (Å²) in [6.07, 6.45) is 1.35. The molecule has 0 atom stereocenters. The van der Waals surface area contributed by atoms with E-state index in [9.17, 15) is 9.90 Å². The first-order valence-electron chi connectivity index (χ1n) is 6.81. The van der Waals surface area contributed by atoms with E-state index < -0.39 is 5.97 Å². The molecule has 0 unspecified atom stereocenters. The molecule has 0 aliphatic rings. The van der Waals surface area contributed by atoms with Crippen LogP contribution >= 0.6 is 15.9 Å². The highest BCUT2D eigenvalue weighted by atomic mass is 79.9. The lowest BCUT2D eigenvalue weighted by Crippen LogP contribution is -2.05. The number of carboxylic acid groups (broad SMARTS) is 1. The fourth-order valence-corrected chi connectivity index (χ4v) is 2.82. The summed E-state index contributed by atoms with van der Waals surface area (Å²) in [5, 5.41) is 13.3. The number of fused-ring (bicyclic) bond motifs is 1. The number of nitrogens with one attached hydrogen (secondary N) is 1. The molecule has 0 saturated heterocycles. The summed E-state index contributed by atoms with van der Waals surface area (Å²) < 4.78 is 5.99. The molecule has 116 valence electrons. The summed E-state index contributed by atoms with van der Waals surface area (Å²) >= 11 is 3.43. The van der Waals surface area contributed by atoms with Gasteiger partial charge in [0.25, 0.3) is 0 Å². The number of aromatic nitrogens is 1. The Balaban J connectivity index is 2.24. The fraction of sp³-hybridized carbons (Fsp3) is 0.0588. The summed E-state index contributed by atoms with van der Waals surface area (Å²) in [7, 11) is 1.57. The van der Waals surface area contributed by atoms with E-state index in [0.717, 1.165) is 10.2 Å². The molecular weight excluding hydrogens is 360 g/mol. The average Bonchev–Trinajstić information content (AvgIpc) is 2.55. The number of para-hydroxylation sites is 1. The predicted molar refractivity (Wildman–Crippen MR) is 92.7 cm³/mol. The number of benzene rings is 2. The highest BCUT2D eigenvalue weighted by Gasteiger charge is 2.16. The maximum Gasteiger partial charge on any atom is 0.339 e. The molecule has 2 aromatic carbocycles. The summed E-state index contributed by atoms with van der Waals surface area (Å²) in [6.45, 7) is 0. The van der Waals surface area contributed by atoms with Crippen LogP contribution in [0.25, 0.3) is 10.9 Å². The van der Waals surface area contributed by atoms with Gasteiger partial charge in [-0.15, -0.1) is 0 Å². The van der Waals surface area contributed by atoms with Gasteiger partial charge >= 0.3 is 5.97 Å². The second-order valence-electron chi connectivity index (χ2n) is 4.85. The van der Waals surface area contributed by atoms with Crippen molar-refractivity contribution in [2.24, 2.45) is 0 Å². The molecule has 3 rings (SSSR count). The van der Waals surface area contributed by atoms with Gasteiger partial charge in [0.1, 0.15) is 11.3 Å². The van der Waals surface area contributed by atoms with Crippen molar-refractivity contribution < 1.29 is 14.6 Å². The van der Waals surface area contributed by atoms with Gasteiger partial charge in [-0.3, -0.25) is 4.98 Å². The third kappa shape index (κ3) is 2.98. The summed E-state index contributed by atoms with van der Waals surface area (Å²) in [5.74, 6) is -0.400. The van der Waals surface area contributed by atoms with E-state index in [1.54, 1.807) is 19.2 Å². The molecule has 0 amide bonds. The summed E-state index contributed by atoms with van der Waals surface area (Å²) in [4.78, 5) is 15.8. The number of anilines is 2. The van der Waals surface area contributed by atoms with E-state index >= 15 is 0 Å². The van der Waals surface area contributed by atoms with Crippen molar-refractivity contribution in [1.29, 1.82) is 0 Å². The minimum Gasteiger partial charge on any atom is -0.495 e. The molecule has 0 aliphatic carbocycles. The zero-order chi connectivity index (χ0) is 16.4. The molecule has 0 saturated carbocycles. The number of aromatic carboxylic acids is 1. The largest absolute Gasteiger partial charge is 0.495 e. The minimum absolute atomic E-state index is 0.110. The predicted octanol–water partition coefficient (Wildman–Crippen LogP) is 4.45. The SMILES string of the molecule is COc1cc2ncc(C(=O)O)c(Nc3ccccc3)c2cc1Br. The number of nitrogens with zero attached hydrogens (tertiary/aromatic N) is 1. The number of hydrogen-bond acceptors (Lipinski definition) is 4. The third-order valence-corrected chi connectivity index (χ3v) is 4.03. The molecule has 0 fully saturated rings. The van der Waals surface area contributed by atoms with Gasteiger partial charge in [0.15, 0.2) is 0 Å². The molecule has 5 nitrogen and oxygen atoms in total. The Morgan fingerprint density at radius 1 is 1.26 bits per heavy atom. The molecule has 3 aromatic rings. The molecule has 0 radical (unpaired) electrons. The van der Waals surface area contributed by atoms with Gasteiger partial charge in [0.2, 0.25) is 0 Å². The average molecular weight is 373 g/mol. The van der Waals surface area contributed by atoms with Crippen LogP contribution in [0.3, 0.4) is 0 Å². The lowest BCUT2D eigenvalue weighted by atomic mass is 10.1. The second kappa shape index (κ2) is 6.26. The van der Waals surface area contributed by atoms with Crippen molar-refractivity contribution in [3.63, 3.8) is 0 Å². The normalized spacial score (nSPS) is 10.5. The van der Waals surface area contributed by atoms with Gasteiger partial charge in [-0.1, -0.05) is 18.2 Å². The van der Waals surface area contributed by atoms with Gasteiger partial charge in [-0.2, -0.15) is 0 Å². The van der Waals surface area contributed by atoms with Crippen LogP contribution in [-0.4, -0.2) is 23.2 Å². The van der Waals surface area contributed by atoms with E-state index in [0.29, 0.717) is 22.3 Å². The quantitative estimate of drug-likeness (QED) is 0.707. The van der Waals surface area contributed by atoms with Crippen molar-refractivity contribution in [2.45, 2.75) is 0 Å². The molecular formula is C17H13BrN2O3. The monoisotopic (exact) mass is 372 g/mol. The molecule has 6 heteroatoms. The maximum absolute atomic E-state index is 11.5. The van der Waals surface area contributed by atoms with Gasteiger partial charge in [-0.05, 0) is 34.1 Å². The van der Waals surface area contributed by atoms with Crippen LogP contribution in [0.5, 0.6) is 5.75 Å². The number of halogens is 1. The number of hydrogen-bond donors (Lipinski definition) is 2. The molecule has 0 aliphatic heterocycles. The van der Waals surface area contributed by atoms with E-state index in [1.807, 2.05) is 30.3 Å². The van der Waals surface area contributed by atoms with Gasteiger partial charge < -0.3 is 15.2 Å². The van der Waals surface area contributed by atoms with Crippen LogP contribution < -0.4 is 10.1 Å². The van der Waals surface area contributed by atoms with Gasteiger partial charge in [0, 0.05) is 23.3 Å². The van der Waals surface area contributed by atoms with Crippen molar-refractivity contribution in [1.82, 2.24) is 4.98 Å². The van der Waals surface area contributed by atoms with Crippen molar-refractivity contribution in [3.8, 4) is 5.75 Å². The number of rotatable bonds is 4. The second-order valence-corrected chi connectivity index (χ2v) is 5.70.